The van der Waals surface area contributed by atoms with Gasteiger partial charge < -0.3 is 14.6 Å². The van der Waals surface area contributed by atoms with Crippen molar-refractivity contribution in [2.75, 3.05) is 13.1 Å². The maximum atomic E-state index is 11.8. The molecule has 0 saturated carbocycles. The maximum Gasteiger partial charge on any atom is 0.317 e. The van der Waals surface area contributed by atoms with E-state index in [0.717, 1.165) is 12.8 Å². The van der Waals surface area contributed by atoms with E-state index in [1.807, 2.05) is 0 Å². The molecule has 1 N–H and O–H groups in total. The lowest BCUT2D eigenvalue weighted by molar-refractivity contribution is 0.177. The number of hydrogen-bond acceptors (Lipinski definition) is 5. The fraction of sp³-hybridized carbons (Fsp3) is 0.636. The summed E-state index contributed by atoms with van der Waals surface area (Å²) in [4.78, 5) is 13.5. The van der Waals surface area contributed by atoms with Crippen molar-refractivity contribution in [1.29, 1.82) is 5.26 Å². The molecule has 0 radical (unpaired) electrons. The third-order valence-corrected chi connectivity index (χ3v) is 2.92. The number of urea groups is 1. The van der Waals surface area contributed by atoms with Gasteiger partial charge in [0, 0.05) is 25.9 Å². The van der Waals surface area contributed by atoms with E-state index in [0.29, 0.717) is 24.9 Å². The Bertz CT molecular complexity index is 456. The SMILES string of the molecule is Cc1nnc(CNC(=O)N2CCC(C#N)CC2)o1. The summed E-state index contributed by atoms with van der Waals surface area (Å²) < 4.78 is 5.16. The van der Waals surface area contributed by atoms with Crippen molar-refractivity contribution >= 4 is 6.03 Å². The van der Waals surface area contributed by atoms with Crippen LogP contribution in [0.2, 0.25) is 0 Å². The molecule has 2 rings (SSSR count). The second kappa shape index (κ2) is 5.49. The molecule has 7 nitrogen and oxygen atoms in total. The Morgan fingerprint density at radius 2 is 2.28 bits per heavy atom. The van der Waals surface area contributed by atoms with Crippen LogP contribution in [0.25, 0.3) is 0 Å². The molecule has 96 valence electrons. The number of carbonyl (C=O) groups is 1. The van der Waals surface area contributed by atoms with Crippen LogP contribution in [0.15, 0.2) is 4.42 Å². The zero-order chi connectivity index (χ0) is 13.0. The van der Waals surface area contributed by atoms with E-state index >= 15 is 0 Å². The molecule has 7 heteroatoms. The summed E-state index contributed by atoms with van der Waals surface area (Å²) in [7, 11) is 0. The standard InChI is InChI=1S/C11H15N5O2/c1-8-14-15-10(18-8)7-13-11(17)16-4-2-9(6-12)3-5-16/h9H,2-5,7H2,1H3,(H,13,17). The van der Waals surface area contributed by atoms with Gasteiger partial charge in [-0.25, -0.2) is 4.79 Å². The van der Waals surface area contributed by atoms with Crippen LogP contribution >= 0.6 is 0 Å². The zero-order valence-electron chi connectivity index (χ0n) is 10.2. The first kappa shape index (κ1) is 12.4. The summed E-state index contributed by atoms with van der Waals surface area (Å²) >= 11 is 0. The molecule has 1 aliphatic heterocycles. The monoisotopic (exact) mass is 249 g/mol. The van der Waals surface area contributed by atoms with Gasteiger partial charge >= 0.3 is 6.03 Å². The van der Waals surface area contributed by atoms with Crippen molar-refractivity contribution in [2.24, 2.45) is 5.92 Å². The first-order valence-electron chi connectivity index (χ1n) is 5.90. The van der Waals surface area contributed by atoms with Gasteiger partial charge in [-0.05, 0) is 12.8 Å². The average molecular weight is 249 g/mol. The number of rotatable bonds is 2. The van der Waals surface area contributed by atoms with Crippen LogP contribution in [0.5, 0.6) is 0 Å². The lowest BCUT2D eigenvalue weighted by atomic mass is 9.99. The lowest BCUT2D eigenvalue weighted by Crippen LogP contribution is -2.44. The van der Waals surface area contributed by atoms with E-state index in [1.54, 1.807) is 11.8 Å². The van der Waals surface area contributed by atoms with Gasteiger partial charge in [-0.15, -0.1) is 10.2 Å². The fourth-order valence-electron chi connectivity index (χ4n) is 1.88. The number of likely N-dealkylation sites (tertiary alicyclic amines) is 1. The molecular formula is C11H15N5O2. The first-order valence-corrected chi connectivity index (χ1v) is 5.90. The molecule has 0 unspecified atom stereocenters. The Labute approximate surface area is 105 Å². The van der Waals surface area contributed by atoms with Crippen molar-refractivity contribution in [2.45, 2.75) is 26.3 Å². The topological polar surface area (TPSA) is 95.0 Å². The highest BCUT2D eigenvalue weighted by molar-refractivity contribution is 5.74. The summed E-state index contributed by atoms with van der Waals surface area (Å²) in [6.07, 6.45) is 1.48. The fourth-order valence-corrected chi connectivity index (χ4v) is 1.88. The van der Waals surface area contributed by atoms with Gasteiger partial charge in [0.2, 0.25) is 11.8 Å². The molecule has 2 heterocycles. The third kappa shape index (κ3) is 2.97. The molecule has 2 amide bonds. The summed E-state index contributed by atoms with van der Waals surface area (Å²) in [6.45, 7) is 3.17. The molecule has 0 bridgehead atoms. The molecular weight excluding hydrogens is 234 g/mol. The van der Waals surface area contributed by atoms with E-state index in [-0.39, 0.29) is 18.5 Å². The third-order valence-electron chi connectivity index (χ3n) is 2.92. The maximum absolute atomic E-state index is 11.8. The number of hydrogen-bond donors (Lipinski definition) is 1. The van der Waals surface area contributed by atoms with Gasteiger partial charge in [0.25, 0.3) is 0 Å². The largest absolute Gasteiger partial charge is 0.424 e. The van der Waals surface area contributed by atoms with E-state index in [1.165, 1.54) is 0 Å². The normalized spacial score (nSPS) is 16.3. The van der Waals surface area contributed by atoms with Gasteiger partial charge in [0.15, 0.2) is 0 Å². The highest BCUT2D eigenvalue weighted by Gasteiger charge is 2.22. The highest BCUT2D eigenvalue weighted by Crippen LogP contribution is 2.15. The number of piperidine rings is 1. The molecule has 0 aromatic carbocycles. The van der Waals surface area contributed by atoms with Crippen molar-refractivity contribution in [3.63, 3.8) is 0 Å². The minimum absolute atomic E-state index is 0.0765. The van der Waals surface area contributed by atoms with Crippen LogP contribution in [-0.2, 0) is 6.54 Å². The molecule has 1 aromatic heterocycles. The number of aromatic nitrogens is 2. The summed E-state index contributed by atoms with van der Waals surface area (Å²) in [6, 6.07) is 2.08. The minimum Gasteiger partial charge on any atom is -0.424 e. The van der Waals surface area contributed by atoms with E-state index < -0.39 is 0 Å². The van der Waals surface area contributed by atoms with E-state index in [2.05, 4.69) is 21.6 Å². The van der Waals surface area contributed by atoms with E-state index in [4.69, 9.17) is 9.68 Å². The van der Waals surface area contributed by atoms with Crippen LogP contribution < -0.4 is 5.32 Å². The lowest BCUT2D eigenvalue weighted by Gasteiger charge is -2.28. The zero-order valence-corrected chi connectivity index (χ0v) is 10.2. The Balaban J connectivity index is 1.77. The van der Waals surface area contributed by atoms with Crippen molar-refractivity contribution in [3.8, 4) is 6.07 Å². The van der Waals surface area contributed by atoms with Gasteiger partial charge in [0.1, 0.15) is 0 Å². The van der Waals surface area contributed by atoms with Crippen LogP contribution in [-0.4, -0.2) is 34.2 Å². The molecule has 1 fully saturated rings. The van der Waals surface area contributed by atoms with Gasteiger partial charge in [-0.1, -0.05) is 0 Å². The Kier molecular flexibility index (Phi) is 3.77. The number of nitrogens with one attached hydrogen (secondary N) is 1. The Hall–Kier alpha value is -2.10. The second-order valence-corrected chi connectivity index (χ2v) is 4.26. The molecule has 0 spiro atoms. The summed E-state index contributed by atoms with van der Waals surface area (Å²) in [5.74, 6) is 0.953. The van der Waals surface area contributed by atoms with Crippen LogP contribution in [0.3, 0.4) is 0 Å². The van der Waals surface area contributed by atoms with Gasteiger partial charge in [-0.3, -0.25) is 0 Å². The molecule has 1 aromatic rings. The average Bonchev–Trinajstić information content (AvgIpc) is 2.82. The summed E-state index contributed by atoms with van der Waals surface area (Å²) in [5, 5.41) is 19.0. The van der Waals surface area contributed by atoms with Crippen molar-refractivity contribution < 1.29 is 9.21 Å². The first-order chi connectivity index (χ1) is 8.69. The quantitative estimate of drug-likeness (QED) is 0.837. The number of carbonyl (C=O) groups excluding carboxylic acids is 1. The summed E-state index contributed by atoms with van der Waals surface area (Å²) in [5.41, 5.74) is 0. The second-order valence-electron chi connectivity index (χ2n) is 4.26. The molecule has 0 atom stereocenters. The smallest absolute Gasteiger partial charge is 0.317 e. The predicted octanol–water partition coefficient (Wildman–Crippen LogP) is 0.823. The van der Waals surface area contributed by atoms with Crippen molar-refractivity contribution in [1.82, 2.24) is 20.4 Å². The molecule has 1 saturated heterocycles. The number of amides is 2. The molecule has 1 aliphatic rings. The Morgan fingerprint density at radius 1 is 1.56 bits per heavy atom. The van der Waals surface area contributed by atoms with Gasteiger partial charge in [0.05, 0.1) is 12.6 Å². The molecule has 18 heavy (non-hydrogen) atoms. The predicted molar refractivity (Wildman–Crippen MR) is 61.2 cm³/mol. The van der Waals surface area contributed by atoms with Crippen molar-refractivity contribution in [3.05, 3.63) is 11.8 Å². The highest BCUT2D eigenvalue weighted by atomic mass is 16.4. The number of nitrogens with zero attached hydrogens (tertiary/aromatic N) is 4. The van der Waals surface area contributed by atoms with Gasteiger partial charge in [-0.2, -0.15) is 5.26 Å². The van der Waals surface area contributed by atoms with Crippen LogP contribution in [0.4, 0.5) is 4.79 Å². The Morgan fingerprint density at radius 3 is 2.83 bits per heavy atom. The number of nitriles is 1. The van der Waals surface area contributed by atoms with Crippen LogP contribution in [0, 0.1) is 24.2 Å². The molecule has 0 aliphatic carbocycles. The minimum atomic E-state index is -0.151. The van der Waals surface area contributed by atoms with E-state index in [9.17, 15) is 4.79 Å². The number of aryl methyl sites for hydroxylation is 1. The van der Waals surface area contributed by atoms with Crippen LogP contribution in [0.1, 0.15) is 24.6 Å².